The van der Waals surface area contributed by atoms with E-state index in [9.17, 15) is 18.0 Å². The number of fused-ring (bicyclic) bond motifs is 1. The molecule has 2 aromatic carbocycles. The van der Waals surface area contributed by atoms with Gasteiger partial charge in [0.1, 0.15) is 5.82 Å². The van der Waals surface area contributed by atoms with Crippen LogP contribution in [-0.4, -0.2) is 26.2 Å². The van der Waals surface area contributed by atoms with Crippen molar-refractivity contribution in [1.29, 1.82) is 0 Å². The van der Waals surface area contributed by atoms with Crippen LogP contribution in [0, 0.1) is 5.82 Å². The van der Waals surface area contributed by atoms with Gasteiger partial charge in [-0.05, 0) is 48.4 Å². The quantitative estimate of drug-likeness (QED) is 0.852. The molecule has 3 rings (SSSR count). The predicted molar refractivity (Wildman–Crippen MR) is 89.4 cm³/mol. The Morgan fingerprint density at radius 3 is 2.77 bits per heavy atom. The Balaban J connectivity index is 1.84. The molecule has 1 amide bonds. The molecule has 0 saturated carbocycles. The molecule has 5 nitrogen and oxygen atoms in total. The maximum Gasteiger partial charge on any atom is 0.387 e. The van der Waals surface area contributed by atoms with Crippen molar-refractivity contribution in [3.05, 3.63) is 52.8 Å². The Kier molecular flexibility index (Phi) is 5.32. The molecule has 0 aromatic heterocycles. The van der Waals surface area contributed by atoms with E-state index in [1.54, 1.807) is 6.07 Å². The first-order valence-corrected chi connectivity index (χ1v) is 7.94. The van der Waals surface area contributed by atoms with Crippen molar-refractivity contribution in [3.63, 3.8) is 0 Å². The van der Waals surface area contributed by atoms with E-state index in [1.807, 2.05) is 0 Å². The third kappa shape index (κ3) is 3.75. The van der Waals surface area contributed by atoms with Gasteiger partial charge in [0.2, 0.25) is 0 Å². The van der Waals surface area contributed by atoms with E-state index in [2.05, 4.69) is 15.4 Å². The summed E-state index contributed by atoms with van der Waals surface area (Å²) in [6.07, 6.45) is 0.528. The highest BCUT2D eigenvalue weighted by molar-refractivity contribution is 6.04. The van der Waals surface area contributed by atoms with Crippen LogP contribution in [0.1, 0.15) is 21.5 Å². The van der Waals surface area contributed by atoms with Crippen molar-refractivity contribution in [2.75, 3.05) is 19.0 Å². The molecule has 8 heteroatoms. The summed E-state index contributed by atoms with van der Waals surface area (Å²) < 4.78 is 48.9. The average Bonchev–Trinajstić information content (AvgIpc) is 2.63. The van der Waals surface area contributed by atoms with Crippen molar-refractivity contribution in [2.45, 2.75) is 19.6 Å². The minimum atomic E-state index is -3.06. The molecule has 0 aliphatic carbocycles. The van der Waals surface area contributed by atoms with E-state index >= 15 is 0 Å². The van der Waals surface area contributed by atoms with Crippen LogP contribution >= 0.6 is 0 Å². The van der Waals surface area contributed by atoms with Gasteiger partial charge in [-0.3, -0.25) is 4.79 Å². The molecular weight excluding hydrogens is 349 g/mol. The Labute approximate surface area is 148 Å². The van der Waals surface area contributed by atoms with E-state index in [1.165, 1.54) is 25.3 Å². The zero-order valence-electron chi connectivity index (χ0n) is 13.9. The molecule has 0 unspecified atom stereocenters. The lowest BCUT2D eigenvalue weighted by Crippen LogP contribution is -2.25. The molecule has 0 radical (unpaired) electrons. The van der Waals surface area contributed by atoms with Gasteiger partial charge in [-0.2, -0.15) is 8.78 Å². The number of carbonyl (C=O) groups is 1. The monoisotopic (exact) mass is 366 g/mol. The number of hydrogen-bond donors (Lipinski definition) is 2. The lowest BCUT2D eigenvalue weighted by atomic mass is 9.99. The molecule has 1 aliphatic heterocycles. The maximum atomic E-state index is 14.6. The number of benzene rings is 2. The van der Waals surface area contributed by atoms with Crippen LogP contribution in [-0.2, 0) is 13.0 Å². The van der Waals surface area contributed by atoms with Crippen molar-refractivity contribution >= 4 is 11.6 Å². The van der Waals surface area contributed by atoms with Crippen LogP contribution < -0.4 is 20.1 Å². The highest BCUT2D eigenvalue weighted by Gasteiger charge is 2.19. The van der Waals surface area contributed by atoms with Gasteiger partial charge in [0.15, 0.2) is 11.5 Å². The third-order valence-electron chi connectivity index (χ3n) is 4.10. The van der Waals surface area contributed by atoms with Crippen LogP contribution in [0.25, 0.3) is 0 Å². The summed E-state index contributed by atoms with van der Waals surface area (Å²) >= 11 is 0. The van der Waals surface area contributed by atoms with Crippen molar-refractivity contribution in [1.82, 2.24) is 5.32 Å². The van der Waals surface area contributed by atoms with Gasteiger partial charge < -0.3 is 20.1 Å². The van der Waals surface area contributed by atoms with Gasteiger partial charge in [-0.1, -0.05) is 6.07 Å². The third-order valence-corrected chi connectivity index (χ3v) is 4.10. The normalized spacial score (nSPS) is 13.3. The van der Waals surface area contributed by atoms with Gasteiger partial charge in [-0.25, -0.2) is 4.39 Å². The smallest absolute Gasteiger partial charge is 0.387 e. The fourth-order valence-electron chi connectivity index (χ4n) is 2.83. The molecule has 2 N–H and O–H groups in total. The second-order valence-electron chi connectivity index (χ2n) is 5.69. The SMILES string of the molecule is COc1ccc(C(=O)Nc2ccc3c(c2F)CCNC3)cc1OC(F)F. The molecule has 0 bridgehead atoms. The summed E-state index contributed by atoms with van der Waals surface area (Å²) in [6, 6.07) is 7.08. The number of nitrogens with one attached hydrogen (secondary N) is 2. The summed E-state index contributed by atoms with van der Waals surface area (Å²) in [4.78, 5) is 12.4. The lowest BCUT2D eigenvalue weighted by Gasteiger charge is -2.19. The van der Waals surface area contributed by atoms with E-state index in [-0.39, 0.29) is 22.7 Å². The molecule has 0 saturated heterocycles. The highest BCUT2D eigenvalue weighted by Crippen LogP contribution is 2.30. The molecule has 1 heterocycles. The summed E-state index contributed by atoms with van der Waals surface area (Å²) in [5.74, 6) is -1.32. The van der Waals surface area contributed by atoms with Crippen LogP contribution in [0.3, 0.4) is 0 Å². The van der Waals surface area contributed by atoms with E-state index in [0.717, 1.165) is 11.6 Å². The largest absolute Gasteiger partial charge is 0.493 e. The zero-order chi connectivity index (χ0) is 18.7. The molecule has 26 heavy (non-hydrogen) atoms. The number of ether oxygens (including phenoxy) is 2. The van der Waals surface area contributed by atoms with Gasteiger partial charge in [0, 0.05) is 12.1 Å². The number of methoxy groups -OCH3 is 1. The highest BCUT2D eigenvalue weighted by atomic mass is 19.3. The Morgan fingerprint density at radius 1 is 1.23 bits per heavy atom. The number of rotatable bonds is 5. The molecule has 2 aromatic rings. The molecule has 1 aliphatic rings. The average molecular weight is 366 g/mol. The number of hydrogen-bond acceptors (Lipinski definition) is 4. The number of amides is 1. The Hall–Kier alpha value is -2.74. The summed E-state index contributed by atoms with van der Waals surface area (Å²) in [6.45, 7) is -1.82. The lowest BCUT2D eigenvalue weighted by molar-refractivity contribution is -0.0512. The van der Waals surface area contributed by atoms with Crippen molar-refractivity contribution < 1.29 is 27.4 Å². The van der Waals surface area contributed by atoms with Gasteiger partial charge in [0.25, 0.3) is 5.91 Å². The minimum Gasteiger partial charge on any atom is -0.493 e. The molecule has 138 valence electrons. The van der Waals surface area contributed by atoms with Crippen LogP contribution in [0.15, 0.2) is 30.3 Å². The zero-order valence-corrected chi connectivity index (χ0v) is 13.9. The van der Waals surface area contributed by atoms with Crippen molar-refractivity contribution in [2.24, 2.45) is 0 Å². The standard InChI is InChI=1S/C18H17F3N2O3/c1-25-14-5-3-10(8-15(14)26-18(20)21)17(24)23-13-4-2-11-9-22-7-6-12(11)16(13)19/h2-5,8,18,22H,6-7,9H2,1H3,(H,23,24). The molecule has 0 fully saturated rings. The maximum absolute atomic E-state index is 14.6. The van der Waals surface area contributed by atoms with Gasteiger partial charge in [0.05, 0.1) is 12.8 Å². The number of anilines is 1. The predicted octanol–water partition coefficient (Wildman–Crippen LogP) is 3.33. The first-order chi connectivity index (χ1) is 12.5. The fraction of sp³-hybridized carbons (Fsp3) is 0.278. The van der Waals surface area contributed by atoms with Gasteiger partial charge >= 0.3 is 6.61 Å². The van der Waals surface area contributed by atoms with Crippen LogP contribution in [0.2, 0.25) is 0 Å². The number of halogens is 3. The second-order valence-corrected chi connectivity index (χ2v) is 5.69. The topological polar surface area (TPSA) is 59.6 Å². The van der Waals surface area contributed by atoms with E-state index in [0.29, 0.717) is 25.1 Å². The van der Waals surface area contributed by atoms with Crippen molar-refractivity contribution in [3.8, 4) is 11.5 Å². The van der Waals surface area contributed by atoms with Crippen LogP contribution in [0.5, 0.6) is 11.5 Å². The fourth-order valence-corrected chi connectivity index (χ4v) is 2.83. The Morgan fingerprint density at radius 2 is 2.04 bits per heavy atom. The summed E-state index contributed by atoms with van der Waals surface area (Å²) in [5.41, 5.74) is 1.50. The van der Waals surface area contributed by atoms with Crippen LogP contribution in [0.4, 0.5) is 18.9 Å². The summed E-state index contributed by atoms with van der Waals surface area (Å²) in [7, 11) is 1.30. The van der Waals surface area contributed by atoms with E-state index in [4.69, 9.17) is 4.74 Å². The molecule has 0 atom stereocenters. The first-order valence-electron chi connectivity index (χ1n) is 7.94. The second kappa shape index (κ2) is 7.65. The summed E-state index contributed by atoms with van der Waals surface area (Å²) in [5, 5.41) is 5.62. The molecular formula is C18H17F3N2O3. The molecule has 0 spiro atoms. The Bertz CT molecular complexity index is 828. The number of alkyl halides is 2. The first kappa shape index (κ1) is 18.1. The van der Waals surface area contributed by atoms with Gasteiger partial charge in [-0.15, -0.1) is 0 Å². The number of carbonyl (C=O) groups excluding carboxylic acids is 1. The minimum absolute atomic E-state index is 0.0419. The van der Waals surface area contributed by atoms with E-state index < -0.39 is 18.3 Å².